The average molecular weight is 217 g/mol. The van der Waals surface area contributed by atoms with Crippen LogP contribution in [0.5, 0.6) is 0 Å². The maximum atomic E-state index is 12.3. The van der Waals surface area contributed by atoms with Gasteiger partial charge in [-0.2, -0.15) is 13.2 Å². The molecule has 75 valence electrons. The van der Waals surface area contributed by atoms with Crippen molar-refractivity contribution < 1.29 is 13.2 Å². The lowest BCUT2D eigenvalue weighted by atomic mass is 10.1. The summed E-state index contributed by atoms with van der Waals surface area (Å²) in [5.41, 5.74) is 0.244. The summed E-state index contributed by atoms with van der Waals surface area (Å²) in [6, 6.07) is 3.95. The Morgan fingerprint density at radius 3 is 2.64 bits per heavy atom. The van der Waals surface area contributed by atoms with E-state index in [1.165, 1.54) is 6.07 Å². The molecule has 1 aliphatic heterocycles. The van der Waals surface area contributed by atoms with Gasteiger partial charge >= 0.3 is 6.18 Å². The molecule has 0 spiro atoms. The predicted molar refractivity (Wildman–Crippen MR) is 49.9 cm³/mol. The van der Waals surface area contributed by atoms with E-state index in [2.05, 4.69) is 0 Å². The van der Waals surface area contributed by atoms with E-state index in [0.717, 1.165) is 21.8 Å². The van der Waals surface area contributed by atoms with Crippen LogP contribution in [0.2, 0.25) is 0 Å². The summed E-state index contributed by atoms with van der Waals surface area (Å²) in [5.74, 6) is 0. The van der Waals surface area contributed by atoms with Crippen LogP contribution in [0, 0.1) is 5.25 Å². The molecule has 0 aliphatic carbocycles. The van der Waals surface area contributed by atoms with E-state index < -0.39 is 11.7 Å². The molecule has 1 heterocycles. The van der Waals surface area contributed by atoms with Crippen LogP contribution in [-0.2, 0) is 12.6 Å². The Labute approximate surface area is 84.5 Å². The van der Waals surface area contributed by atoms with Gasteiger partial charge in [0.15, 0.2) is 0 Å². The van der Waals surface area contributed by atoms with Crippen LogP contribution >= 0.6 is 11.8 Å². The highest BCUT2D eigenvalue weighted by molar-refractivity contribution is 8.02. The molecule has 0 saturated carbocycles. The fourth-order valence-corrected chi connectivity index (χ4v) is 2.49. The second-order valence-corrected chi connectivity index (χ2v) is 4.64. The van der Waals surface area contributed by atoms with Crippen molar-refractivity contribution in [1.29, 1.82) is 0 Å². The lowest BCUT2D eigenvalue weighted by Gasteiger charge is -2.07. The maximum absolute atomic E-state index is 12.3. The Kier molecular flexibility index (Phi) is 2.26. The highest BCUT2D eigenvalue weighted by Gasteiger charge is 2.32. The van der Waals surface area contributed by atoms with Gasteiger partial charge in [-0.05, 0) is 37.1 Å². The first kappa shape index (κ1) is 9.90. The quantitative estimate of drug-likeness (QED) is 0.635. The zero-order valence-electron chi connectivity index (χ0n) is 7.48. The van der Waals surface area contributed by atoms with E-state index in [9.17, 15) is 13.2 Å². The van der Waals surface area contributed by atoms with Crippen molar-refractivity contribution in [1.82, 2.24) is 0 Å². The van der Waals surface area contributed by atoms with Gasteiger partial charge in [0.05, 0.1) is 5.56 Å². The van der Waals surface area contributed by atoms with Crippen LogP contribution in [0.1, 0.15) is 18.1 Å². The summed E-state index contributed by atoms with van der Waals surface area (Å²) in [7, 11) is 0. The number of thioether (sulfide) groups is 1. The van der Waals surface area contributed by atoms with E-state index in [4.69, 9.17) is 0 Å². The maximum Gasteiger partial charge on any atom is 0.416 e. The molecule has 0 atom stereocenters. The van der Waals surface area contributed by atoms with Crippen LogP contribution in [0.25, 0.3) is 0 Å². The van der Waals surface area contributed by atoms with E-state index >= 15 is 0 Å². The van der Waals surface area contributed by atoms with Crippen molar-refractivity contribution in [2.45, 2.75) is 24.4 Å². The molecule has 0 N–H and O–H groups in total. The van der Waals surface area contributed by atoms with Crippen molar-refractivity contribution in [2.75, 3.05) is 0 Å². The smallest absolute Gasteiger partial charge is 0.166 e. The first-order chi connectivity index (χ1) is 6.47. The summed E-state index contributed by atoms with van der Waals surface area (Å²) in [4.78, 5) is 0.954. The van der Waals surface area contributed by atoms with E-state index in [1.54, 1.807) is 17.8 Å². The van der Waals surface area contributed by atoms with Gasteiger partial charge in [0.2, 0.25) is 0 Å². The van der Waals surface area contributed by atoms with Gasteiger partial charge in [0, 0.05) is 10.1 Å². The van der Waals surface area contributed by atoms with Crippen molar-refractivity contribution in [3.63, 3.8) is 0 Å². The minimum Gasteiger partial charge on any atom is -0.166 e. The molecule has 0 aromatic heterocycles. The predicted octanol–water partition coefficient (Wildman–Crippen LogP) is 3.91. The number of hydrogen-bond acceptors (Lipinski definition) is 1. The average Bonchev–Trinajstić information content (AvgIpc) is 2.41. The van der Waals surface area contributed by atoms with Crippen LogP contribution in [0.15, 0.2) is 23.1 Å². The minimum atomic E-state index is -4.23. The third-order valence-electron chi connectivity index (χ3n) is 2.11. The number of alkyl halides is 3. The van der Waals surface area contributed by atoms with Gasteiger partial charge in [0.1, 0.15) is 0 Å². The molecule has 1 radical (unpaired) electrons. The second-order valence-electron chi connectivity index (χ2n) is 3.30. The first-order valence-electron chi connectivity index (χ1n) is 4.17. The molecule has 0 amide bonds. The molecule has 0 unspecified atom stereocenters. The largest absolute Gasteiger partial charge is 0.416 e. The van der Waals surface area contributed by atoms with Crippen LogP contribution < -0.4 is 0 Å². The summed E-state index contributed by atoms with van der Waals surface area (Å²) in [6.45, 7) is 1.94. The van der Waals surface area contributed by atoms with Crippen LogP contribution in [-0.4, -0.2) is 0 Å². The molecule has 0 saturated heterocycles. The highest BCUT2D eigenvalue weighted by atomic mass is 32.2. The number of halogens is 3. The molecule has 0 fully saturated rings. The highest BCUT2D eigenvalue weighted by Crippen LogP contribution is 2.43. The zero-order chi connectivity index (χ0) is 10.3. The third-order valence-corrected chi connectivity index (χ3v) is 3.22. The Balaban J connectivity index is 2.38. The molecule has 1 aromatic carbocycles. The molecular weight excluding hydrogens is 209 g/mol. The Morgan fingerprint density at radius 2 is 2.00 bits per heavy atom. The number of fused-ring (bicyclic) bond motifs is 1. The molecule has 0 nitrogen and oxygen atoms in total. The summed E-state index contributed by atoms with van der Waals surface area (Å²) < 4.78 is 37.0. The molecular formula is C10H8F3S. The Bertz CT molecular complexity index is 357. The standard InChI is InChI=1S/C10H8F3S/c1-6-4-7-5-8(10(11,12)13)2-3-9(7)14-6/h2-3,5H,4H2,1H3. The lowest BCUT2D eigenvalue weighted by Crippen LogP contribution is -2.05. The number of hydrogen-bond donors (Lipinski definition) is 0. The zero-order valence-corrected chi connectivity index (χ0v) is 8.30. The molecule has 4 heteroatoms. The van der Waals surface area contributed by atoms with E-state index in [0.29, 0.717) is 6.42 Å². The van der Waals surface area contributed by atoms with Gasteiger partial charge in [-0.25, -0.2) is 0 Å². The minimum absolute atomic E-state index is 0.549. The lowest BCUT2D eigenvalue weighted by molar-refractivity contribution is -0.137. The van der Waals surface area contributed by atoms with Crippen molar-refractivity contribution >= 4 is 11.8 Å². The van der Waals surface area contributed by atoms with Gasteiger partial charge in [-0.15, -0.1) is 11.8 Å². The molecule has 1 aromatic rings. The molecule has 14 heavy (non-hydrogen) atoms. The fourth-order valence-electron chi connectivity index (χ4n) is 1.49. The second kappa shape index (κ2) is 3.19. The van der Waals surface area contributed by atoms with Gasteiger partial charge in [-0.1, -0.05) is 0 Å². The molecule has 0 bridgehead atoms. The fraction of sp³-hybridized carbons (Fsp3) is 0.300. The normalized spacial score (nSPS) is 17.1. The van der Waals surface area contributed by atoms with Crippen molar-refractivity contribution in [3.8, 4) is 0 Å². The summed E-state index contributed by atoms with van der Waals surface area (Å²) in [5, 5.41) is 1.15. The summed E-state index contributed by atoms with van der Waals surface area (Å²) in [6.07, 6.45) is -3.57. The Morgan fingerprint density at radius 1 is 1.29 bits per heavy atom. The number of rotatable bonds is 0. The van der Waals surface area contributed by atoms with Gasteiger partial charge < -0.3 is 0 Å². The SMILES string of the molecule is C[C]1Cc2cc(C(F)(F)F)ccc2S1. The van der Waals surface area contributed by atoms with Crippen molar-refractivity contribution in [3.05, 3.63) is 34.6 Å². The van der Waals surface area contributed by atoms with Crippen molar-refractivity contribution in [2.24, 2.45) is 0 Å². The van der Waals surface area contributed by atoms with Crippen LogP contribution in [0.3, 0.4) is 0 Å². The van der Waals surface area contributed by atoms with Gasteiger partial charge in [-0.3, -0.25) is 0 Å². The third kappa shape index (κ3) is 1.75. The van der Waals surface area contributed by atoms with Gasteiger partial charge in [0.25, 0.3) is 0 Å². The van der Waals surface area contributed by atoms with E-state index in [-0.39, 0.29) is 0 Å². The summed E-state index contributed by atoms with van der Waals surface area (Å²) >= 11 is 1.56. The molecule has 2 rings (SSSR count). The van der Waals surface area contributed by atoms with Crippen LogP contribution in [0.4, 0.5) is 13.2 Å². The first-order valence-corrected chi connectivity index (χ1v) is 4.99. The number of benzene rings is 1. The monoisotopic (exact) mass is 217 g/mol. The van der Waals surface area contributed by atoms with E-state index in [1.807, 2.05) is 6.92 Å². The topological polar surface area (TPSA) is 0 Å². The molecule has 1 aliphatic rings. The Hall–Kier alpha value is -0.640.